The molecule has 5 rings (SSSR count). The van der Waals surface area contributed by atoms with E-state index in [2.05, 4.69) is 59.8 Å². The van der Waals surface area contributed by atoms with Crippen molar-refractivity contribution >= 4 is 34.6 Å². The van der Waals surface area contributed by atoms with E-state index >= 15 is 0 Å². The van der Waals surface area contributed by atoms with E-state index < -0.39 is 0 Å². The summed E-state index contributed by atoms with van der Waals surface area (Å²) in [6.45, 7) is 4.51. The van der Waals surface area contributed by atoms with Crippen molar-refractivity contribution in [3.8, 4) is 10.4 Å². The van der Waals surface area contributed by atoms with Crippen LogP contribution in [0.1, 0.15) is 81.3 Å². The second-order valence-electron chi connectivity index (χ2n) is 8.88. The average molecular weight is 439 g/mol. The third-order valence-electron chi connectivity index (χ3n) is 5.97. The Morgan fingerprint density at radius 2 is 1.90 bits per heavy atom. The number of rotatable bonds is 7. The molecule has 2 heterocycles. The summed E-state index contributed by atoms with van der Waals surface area (Å²) in [5.74, 6) is 2.26. The summed E-state index contributed by atoms with van der Waals surface area (Å²) in [7, 11) is 0. The number of nitrogens with zero attached hydrogens (tertiary/aromatic N) is 2. The Balaban J connectivity index is 1.39. The zero-order chi connectivity index (χ0) is 20.5. The molecule has 2 aromatic heterocycles. The highest BCUT2D eigenvalue weighted by Gasteiger charge is 2.25. The van der Waals surface area contributed by atoms with Crippen molar-refractivity contribution in [3.63, 3.8) is 0 Å². The first kappa shape index (κ1) is 20.1. The summed E-state index contributed by atoms with van der Waals surface area (Å²) in [5, 5.41) is 13.0. The summed E-state index contributed by atoms with van der Waals surface area (Å²) in [6, 6.07) is 8.84. The number of nitrogens with one attached hydrogen (secondary N) is 2. The lowest BCUT2D eigenvalue weighted by Crippen LogP contribution is -2.03. The smallest absolute Gasteiger partial charge is 0.152 e. The van der Waals surface area contributed by atoms with Gasteiger partial charge in [-0.2, -0.15) is 5.10 Å². The van der Waals surface area contributed by atoms with Crippen LogP contribution in [-0.4, -0.2) is 20.4 Å². The molecule has 0 radical (unpaired) electrons. The predicted octanol–water partition coefficient (Wildman–Crippen LogP) is 7.70. The fraction of sp³-hybridized carbons (Fsp3) is 0.500. The topological polar surface area (TPSA) is 53.6 Å². The van der Waals surface area contributed by atoms with E-state index in [-0.39, 0.29) is 0 Å². The van der Waals surface area contributed by atoms with Gasteiger partial charge in [-0.1, -0.05) is 39.2 Å². The second kappa shape index (κ2) is 8.75. The Labute approximate surface area is 187 Å². The molecule has 2 N–H and O–H groups in total. The molecule has 6 heteroatoms. The van der Waals surface area contributed by atoms with Crippen LogP contribution >= 0.6 is 23.1 Å². The van der Waals surface area contributed by atoms with Crippen LogP contribution in [0.4, 0.5) is 11.5 Å². The number of hydrogen-bond donors (Lipinski definition) is 2. The molecule has 0 amide bonds. The molecular formula is C24H30N4S2. The number of aromatic nitrogens is 3. The SMILES string of the molecule is CC(C)Sc1cc(Nc2cc(C3CC3)[nH]n2)ccc1-c1cnc(C2CCCCC2)s1. The normalized spacial score (nSPS) is 17.6. The minimum Gasteiger partial charge on any atom is -0.339 e. The molecular weight excluding hydrogens is 408 g/mol. The predicted molar refractivity (Wildman–Crippen MR) is 128 cm³/mol. The molecule has 0 spiro atoms. The van der Waals surface area contributed by atoms with E-state index in [0.29, 0.717) is 17.1 Å². The molecule has 158 valence electrons. The van der Waals surface area contributed by atoms with Gasteiger partial charge in [-0.25, -0.2) is 4.98 Å². The highest BCUT2D eigenvalue weighted by atomic mass is 32.2. The molecule has 0 saturated heterocycles. The number of thiazole rings is 1. The van der Waals surface area contributed by atoms with Gasteiger partial charge in [0.25, 0.3) is 0 Å². The van der Waals surface area contributed by atoms with E-state index in [4.69, 9.17) is 4.98 Å². The number of benzene rings is 1. The Morgan fingerprint density at radius 3 is 2.67 bits per heavy atom. The van der Waals surface area contributed by atoms with Crippen LogP contribution in [-0.2, 0) is 0 Å². The zero-order valence-electron chi connectivity index (χ0n) is 17.8. The minimum atomic E-state index is 0.525. The van der Waals surface area contributed by atoms with Gasteiger partial charge in [0.15, 0.2) is 5.82 Å². The van der Waals surface area contributed by atoms with Crippen molar-refractivity contribution in [2.24, 2.45) is 0 Å². The Bertz CT molecular complexity index is 996. The third-order valence-corrected chi connectivity index (χ3v) is 8.23. The van der Waals surface area contributed by atoms with E-state index in [1.807, 2.05) is 23.1 Å². The number of hydrogen-bond acceptors (Lipinski definition) is 5. The van der Waals surface area contributed by atoms with Crippen LogP contribution < -0.4 is 5.32 Å². The summed E-state index contributed by atoms with van der Waals surface area (Å²) < 4.78 is 0. The average Bonchev–Trinajstić information content (AvgIpc) is 3.29. The molecule has 0 bridgehead atoms. The maximum Gasteiger partial charge on any atom is 0.152 e. The lowest BCUT2D eigenvalue weighted by Gasteiger charge is -2.19. The third kappa shape index (κ3) is 4.59. The molecule has 2 saturated carbocycles. The first-order valence-corrected chi connectivity index (χ1v) is 12.9. The molecule has 2 aliphatic carbocycles. The number of H-pyrrole nitrogens is 1. The largest absolute Gasteiger partial charge is 0.339 e. The number of thioether (sulfide) groups is 1. The van der Waals surface area contributed by atoms with Gasteiger partial charge in [-0.05, 0) is 37.8 Å². The second-order valence-corrected chi connectivity index (χ2v) is 11.6. The van der Waals surface area contributed by atoms with Crippen molar-refractivity contribution < 1.29 is 0 Å². The van der Waals surface area contributed by atoms with Crippen LogP contribution in [0.15, 0.2) is 35.4 Å². The molecule has 1 aromatic carbocycles. The van der Waals surface area contributed by atoms with Crippen molar-refractivity contribution in [1.82, 2.24) is 15.2 Å². The van der Waals surface area contributed by atoms with Crippen molar-refractivity contribution in [1.29, 1.82) is 0 Å². The van der Waals surface area contributed by atoms with Gasteiger partial charge < -0.3 is 5.32 Å². The van der Waals surface area contributed by atoms with Gasteiger partial charge in [0, 0.05) is 51.2 Å². The molecule has 2 aliphatic rings. The van der Waals surface area contributed by atoms with Crippen molar-refractivity contribution in [2.45, 2.75) is 80.8 Å². The van der Waals surface area contributed by atoms with Crippen LogP contribution in [0.5, 0.6) is 0 Å². The van der Waals surface area contributed by atoms with E-state index in [1.165, 1.54) is 71.0 Å². The first-order valence-electron chi connectivity index (χ1n) is 11.2. The van der Waals surface area contributed by atoms with E-state index in [1.54, 1.807) is 0 Å². The van der Waals surface area contributed by atoms with Gasteiger partial charge in [0.1, 0.15) is 0 Å². The molecule has 30 heavy (non-hydrogen) atoms. The Kier molecular flexibility index (Phi) is 5.87. The fourth-order valence-corrected chi connectivity index (χ4v) is 6.46. The van der Waals surface area contributed by atoms with Crippen LogP contribution in [0.2, 0.25) is 0 Å². The minimum absolute atomic E-state index is 0.525. The lowest BCUT2D eigenvalue weighted by molar-refractivity contribution is 0.442. The van der Waals surface area contributed by atoms with Gasteiger partial charge >= 0.3 is 0 Å². The van der Waals surface area contributed by atoms with E-state index in [9.17, 15) is 0 Å². The maximum atomic E-state index is 4.83. The van der Waals surface area contributed by atoms with Gasteiger partial charge in [-0.15, -0.1) is 23.1 Å². The fourth-order valence-electron chi connectivity index (χ4n) is 4.26. The standard InChI is InChI=1S/C24H30N4S2/c1-15(2)29-21-12-18(26-23-13-20(27-28-23)16-8-9-16)10-11-19(21)22-14-25-24(30-22)17-6-4-3-5-7-17/h10-17H,3-9H2,1-2H3,(H2,26,27,28). The van der Waals surface area contributed by atoms with Crippen LogP contribution in [0.3, 0.4) is 0 Å². The van der Waals surface area contributed by atoms with Gasteiger partial charge in [-0.3, -0.25) is 5.10 Å². The first-order chi connectivity index (χ1) is 14.7. The zero-order valence-corrected chi connectivity index (χ0v) is 19.4. The molecule has 0 atom stereocenters. The summed E-state index contributed by atoms with van der Waals surface area (Å²) in [6.07, 6.45) is 11.3. The summed E-state index contributed by atoms with van der Waals surface area (Å²) >= 11 is 3.82. The highest BCUT2D eigenvalue weighted by molar-refractivity contribution is 8.00. The summed E-state index contributed by atoms with van der Waals surface area (Å²) in [4.78, 5) is 7.44. The number of anilines is 2. The summed E-state index contributed by atoms with van der Waals surface area (Å²) in [5.41, 5.74) is 3.65. The lowest BCUT2D eigenvalue weighted by atomic mass is 9.90. The van der Waals surface area contributed by atoms with E-state index in [0.717, 1.165) is 11.5 Å². The van der Waals surface area contributed by atoms with Crippen molar-refractivity contribution in [2.75, 3.05) is 5.32 Å². The number of aromatic amines is 1. The monoisotopic (exact) mass is 438 g/mol. The Morgan fingerprint density at radius 1 is 1.07 bits per heavy atom. The maximum absolute atomic E-state index is 4.83. The molecule has 4 nitrogen and oxygen atoms in total. The molecule has 2 fully saturated rings. The quantitative estimate of drug-likeness (QED) is 0.371. The molecule has 0 unspecified atom stereocenters. The molecule has 0 aliphatic heterocycles. The Hall–Kier alpha value is -1.79. The van der Waals surface area contributed by atoms with Crippen LogP contribution in [0.25, 0.3) is 10.4 Å². The van der Waals surface area contributed by atoms with Gasteiger partial charge in [0.2, 0.25) is 0 Å². The van der Waals surface area contributed by atoms with Crippen LogP contribution in [0, 0.1) is 0 Å². The molecule has 3 aromatic rings. The van der Waals surface area contributed by atoms with Crippen molar-refractivity contribution in [3.05, 3.63) is 41.2 Å². The van der Waals surface area contributed by atoms with Gasteiger partial charge in [0.05, 0.1) is 9.88 Å². The highest BCUT2D eigenvalue weighted by Crippen LogP contribution is 2.42.